The highest BCUT2D eigenvalue weighted by molar-refractivity contribution is 5.85. The lowest BCUT2D eigenvalue weighted by atomic mass is 10.3. The van der Waals surface area contributed by atoms with Gasteiger partial charge in [-0.25, -0.2) is 0 Å². The molecule has 1 rings (SSSR count). The summed E-state index contributed by atoms with van der Waals surface area (Å²) in [5.41, 5.74) is 1.63. The molecule has 0 radical (unpaired) electrons. The largest absolute Gasteiger partial charge is 0.506 e. The average Bonchev–Trinajstić information content (AvgIpc) is 1.80. The lowest BCUT2D eigenvalue weighted by Crippen LogP contribution is -1.83. The van der Waals surface area contributed by atoms with Crippen LogP contribution < -0.4 is 0 Å². The molecule has 0 spiro atoms. The van der Waals surface area contributed by atoms with Crippen LogP contribution in [0.25, 0.3) is 0 Å². The first-order valence-electron chi connectivity index (χ1n) is 2.83. The first kappa shape index (κ1) is 9.24. The van der Waals surface area contributed by atoms with Gasteiger partial charge in [-0.3, -0.25) is 4.98 Å². The summed E-state index contributed by atoms with van der Waals surface area (Å²) in [6.07, 6.45) is 0. The van der Waals surface area contributed by atoms with Gasteiger partial charge in [-0.2, -0.15) is 0 Å². The van der Waals surface area contributed by atoms with Crippen molar-refractivity contribution >= 4 is 12.4 Å². The second-order valence-corrected chi connectivity index (χ2v) is 2.06. The lowest BCUT2D eigenvalue weighted by molar-refractivity contribution is 0.467. The van der Waals surface area contributed by atoms with Gasteiger partial charge in [0.05, 0.1) is 5.69 Å². The van der Waals surface area contributed by atoms with Crippen LogP contribution in [0.1, 0.15) is 11.4 Å². The van der Waals surface area contributed by atoms with Gasteiger partial charge in [-0.05, 0) is 26.0 Å². The normalized spacial score (nSPS) is 8.60. The summed E-state index contributed by atoms with van der Waals surface area (Å²) in [5, 5.41) is 8.98. The van der Waals surface area contributed by atoms with Crippen molar-refractivity contribution in [3.05, 3.63) is 23.5 Å². The highest BCUT2D eigenvalue weighted by Gasteiger charge is 1.93. The van der Waals surface area contributed by atoms with Crippen molar-refractivity contribution in [2.24, 2.45) is 0 Å². The van der Waals surface area contributed by atoms with Crippen LogP contribution in [0.4, 0.5) is 0 Å². The van der Waals surface area contributed by atoms with E-state index >= 15 is 0 Å². The minimum Gasteiger partial charge on any atom is -0.506 e. The SMILES string of the molecule is Cc1ccc(O)c(C)n1.Cl. The summed E-state index contributed by atoms with van der Waals surface area (Å²) < 4.78 is 0. The van der Waals surface area contributed by atoms with Gasteiger partial charge in [-0.1, -0.05) is 0 Å². The second kappa shape index (κ2) is 3.42. The quantitative estimate of drug-likeness (QED) is 0.627. The van der Waals surface area contributed by atoms with Crippen LogP contribution in [0.15, 0.2) is 12.1 Å². The summed E-state index contributed by atoms with van der Waals surface area (Å²) in [5.74, 6) is 0.264. The molecular weight excluding hydrogens is 150 g/mol. The van der Waals surface area contributed by atoms with Crippen molar-refractivity contribution < 1.29 is 5.11 Å². The zero-order valence-electron chi connectivity index (χ0n) is 5.96. The molecule has 1 N–H and O–H groups in total. The van der Waals surface area contributed by atoms with Crippen LogP contribution in [-0.2, 0) is 0 Å². The number of halogens is 1. The summed E-state index contributed by atoms with van der Waals surface area (Å²) >= 11 is 0. The topological polar surface area (TPSA) is 33.1 Å². The van der Waals surface area contributed by atoms with Crippen LogP contribution in [0.2, 0.25) is 0 Å². The molecule has 0 atom stereocenters. The molecule has 0 bridgehead atoms. The predicted octanol–water partition coefficient (Wildman–Crippen LogP) is 1.83. The fourth-order valence-corrected chi connectivity index (χ4v) is 0.679. The first-order chi connectivity index (χ1) is 4.20. The minimum atomic E-state index is 0. The Bertz CT molecular complexity index is 225. The van der Waals surface area contributed by atoms with E-state index in [0.717, 1.165) is 5.69 Å². The molecule has 0 aliphatic rings. The van der Waals surface area contributed by atoms with Crippen molar-refractivity contribution in [2.45, 2.75) is 13.8 Å². The van der Waals surface area contributed by atoms with Crippen LogP contribution in [-0.4, -0.2) is 10.1 Å². The lowest BCUT2D eigenvalue weighted by Gasteiger charge is -1.96. The third kappa shape index (κ3) is 1.88. The van der Waals surface area contributed by atoms with Gasteiger partial charge in [0, 0.05) is 5.69 Å². The smallest absolute Gasteiger partial charge is 0.136 e. The number of pyridine rings is 1. The molecular formula is C7H10ClNO. The molecule has 0 aliphatic heterocycles. The molecule has 2 nitrogen and oxygen atoms in total. The van der Waals surface area contributed by atoms with Crippen LogP contribution in [0.3, 0.4) is 0 Å². The summed E-state index contributed by atoms with van der Waals surface area (Å²) in [4.78, 5) is 4.02. The summed E-state index contributed by atoms with van der Waals surface area (Å²) in [6, 6.07) is 3.43. The van der Waals surface area contributed by atoms with E-state index in [4.69, 9.17) is 5.11 Å². The predicted molar refractivity (Wildman–Crippen MR) is 42.6 cm³/mol. The van der Waals surface area contributed by atoms with Gasteiger partial charge in [0.2, 0.25) is 0 Å². The van der Waals surface area contributed by atoms with Crippen molar-refractivity contribution in [3.8, 4) is 5.75 Å². The van der Waals surface area contributed by atoms with Gasteiger partial charge < -0.3 is 5.11 Å². The van der Waals surface area contributed by atoms with Crippen molar-refractivity contribution in [1.82, 2.24) is 4.98 Å². The summed E-state index contributed by atoms with van der Waals surface area (Å²) in [7, 11) is 0. The summed E-state index contributed by atoms with van der Waals surface area (Å²) in [6.45, 7) is 3.68. The van der Waals surface area contributed by atoms with E-state index < -0.39 is 0 Å². The van der Waals surface area contributed by atoms with Gasteiger partial charge in [0.15, 0.2) is 0 Å². The Morgan fingerprint density at radius 3 is 2.30 bits per heavy atom. The minimum absolute atomic E-state index is 0. The molecule has 0 aromatic carbocycles. The molecule has 0 aliphatic carbocycles. The maximum absolute atomic E-state index is 8.98. The molecule has 0 saturated carbocycles. The number of aryl methyl sites for hydroxylation is 2. The van der Waals surface area contributed by atoms with Crippen LogP contribution >= 0.6 is 12.4 Å². The Kier molecular flexibility index (Phi) is 3.16. The number of hydrogen-bond acceptors (Lipinski definition) is 2. The van der Waals surface area contributed by atoms with Crippen molar-refractivity contribution in [1.29, 1.82) is 0 Å². The van der Waals surface area contributed by atoms with Gasteiger partial charge in [0.25, 0.3) is 0 Å². The van der Waals surface area contributed by atoms with Gasteiger partial charge in [-0.15, -0.1) is 12.4 Å². The molecule has 0 unspecified atom stereocenters. The maximum atomic E-state index is 8.98. The zero-order valence-corrected chi connectivity index (χ0v) is 6.77. The van der Waals surface area contributed by atoms with Gasteiger partial charge in [0.1, 0.15) is 5.75 Å². The number of nitrogens with zero attached hydrogens (tertiary/aromatic N) is 1. The Balaban J connectivity index is 0.000000810. The number of aromatic nitrogens is 1. The molecule has 10 heavy (non-hydrogen) atoms. The molecule has 1 aromatic heterocycles. The first-order valence-corrected chi connectivity index (χ1v) is 2.83. The maximum Gasteiger partial charge on any atom is 0.136 e. The van der Waals surface area contributed by atoms with E-state index in [-0.39, 0.29) is 18.2 Å². The molecule has 1 heterocycles. The van der Waals surface area contributed by atoms with Crippen LogP contribution in [0, 0.1) is 13.8 Å². The van der Waals surface area contributed by atoms with Crippen molar-refractivity contribution in [3.63, 3.8) is 0 Å². The Morgan fingerprint density at radius 2 is 1.90 bits per heavy atom. The monoisotopic (exact) mass is 159 g/mol. The molecule has 0 fully saturated rings. The average molecular weight is 160 g/mol. The highest BCUT2D eigenvalue weighted by atomic mass is 35.5. The van der Waals surface area contributed by atoms with E-state index in [1.165, 1.54) is 0 Å². The molecule has 0 saturated heterocycles. The molecule has 0 amide bonds. The second-order valence-electron chi connectivity index (χ2n) is 2.06. The number of hydrogen-bond donors (Lipinski definition) is 1. The Morgan fingerprint density at radius 1 is 1.30 bits per heavy atom. The third-order valence-electron chi connectivity index (χ3n) is 1.20. The van der Waals surface area contributed by atoms with Crippen LogP contribution in [0.5, 0.6) is 5.75 Å². The Labute approximate surface area is 66.3 Å². The van der Waals surface area contributed by atoms with Gasteiger partial charge >= 0.3 is 0 Å². The highest BCUT2D eigenvalue weighted by Crippen LogP contribution is 2.11. The van der Waals surface area contributed by atoms with E-state index in [0.29, 0.717) is 5.69 Å². The molecule has 3 heteroatoms. The van der Waals surface area contributed by atoms with E-state index in [1.54, 1.807) is 19.1 Å². The molecule has 1 aromatic rings. The fraction of sp³-hybridized carbons (Fsp3) is 0.286. The third-order valence-corrected chi connectivity index (χ3v) is 1.20. The Hall–Kier alpha value is -0.760. The van der Waals surface area contributed by atoms with E-state index in [1.807, 2.05) is 6.92 Å². The standard InChI is InChI=1S/C7H9NO.ClH/c1-5-3-4-7(9)6(2)8-5;/h3-4,9H,1-2H3;1H. The van der Waals surface area contributed by atoms with E-state index in [2.05, 4.69) is 4.98 Å². The number of rotatable bonds is 0. The molecule has 56 valence electrons. The zero-order chi connectivity index (χ0) is 6.85. The number of aromatic hydroxyl groups is 1. The van der Waals surface area contributed by atoms with E-state index in [9.17, 15) is 0 Å². The fourth-order valence-electron chi connectivity index (χ4n) is 0.679. The van der Waals surface area contributed by atoms with Crippen molar-refractivity contribution in [2.75, 3.05) is 0 Å².